The zero-order valence-corrected chi connectivity index (χ0v) is 17.0. The summed E-state index contributed by atoms with van der Waals surface area (Å²) >= 11 is 5.66. The number of primary amides is 1. The van der Waals surface area contributed by atoms with E-state index in [4.69, 9.17) is 23.1 Å². The van der Waals surface area contributed by atoms with Crippen LogP contribution in [0.3, 0.4) is 0 Å². The predicted molar refractivity (Wildman–Crippen MR) is 114 cm³/mol. The number of nitrogens with zero attached hydrogens (tertiary/aromatic N) is 5. The quantitative estimate of drug-likeness (QED) is 0.478. The first-order valence-electron chi connectivity index (χ1n) is 9.49. The number of carbonyl (C=O) groups excluding carboxylic acids is 1. The second-order valence-electron chi connectivity index (χ2n) is 6.86. The van der Waals surface area contributed by atoms with Crippen molar-refractivity contribution < 1.29 is 4.79 Å². The molecule has 0 aliphatic carbocycles. The Morgan fingerprint density at radius 1 is 1.07 bits per heavy atom. The first kappa shape index (κ1) is 19.1. The second kappa shape index (κ2) is 8.00. The third kappa shape index (κ3) is 3.84. The van der Waals surface area contributed by atoms with Crippen molar-refractivity contribution in [3.63, 3.8) is 0 Å². The molecule has 0 saturated carbocycles. The van der Waals surface area contributed by atoms with Gasteiger partial charge in [0.15, 0.2) is 0 Å². The smallest absolute Gasteiger partial charge is 0.219 e. The van der Waals surface area contributed by atoms with E-state index in [1.165, 1.54) is 0 Å². The molecular formula is C21H22N6OS. The first-order chi connectivity index (χ1) is 14.0. The lowest BCUT2D eigenvalue weighted by Gasteiger charge is -2.09. The van der Waals surface area contributed by atoms with E-state index in [0.717, 1.165) is 34.9 Å². The van der Waals surface area contributed by atoms with E-state index in [0.29, 0.717) is 17.7 Å². The van der Waals surface area contributed by atoms with Crippen LogP contribution in [-0.2, 0) is 24.3 Å². The van der Waals surface area contributed by atoms with Crippen LogP contribution in [0.1, 0.15) is 18.1 Å². The molecule has 0 unspecified atom stereocenters. The fraction of sp³-hybridized carbons (Fsp3) is 0.238. The molecule has 0 aliphatic heterocycles. The molecule has 2 aromatic heterocycles. The van der Waals surface area contributed by atoms with Gasteiger partial charge in [0.2, 0.25) is 10.7 Å². The van der Waals surface area contributed by atoms with Crippen molar-refractivity contribution in [1.29, 1.82) is 0 Å². The first-order valence-corrected chi connectivity index (χ1v) is 9.90. The van der Waals surface area contributed by atoms with Gasteiger partial charge in [-0.15, -0.1) is 0 Å². The van der Waals surface area contributed by atoms with Crippen LogP contribution in [0.4, 0.5) is 0 Å². The van der Waals surface area contributed by atoms with Gasteiger partial charge in [-0.25, -0.2) is 9.67 Å². The predicted octanol–water partition coefficient (Wildman–Crippen LogP) is 3.18. The molecule has 4 aromatic rings. The molecule has 2 N–H and O–H groups in total. The Morgan fingerprint density at radius 3 is 2.55 bits per heavy atom. The number of hydrogen-bond donors (Lipinski definition) is 1. The van der Waals surface area contributed by atoms with Crippen molar-refractivity contribution >= 4 is 29.2 Å². The molecule has 2 heterocycles. The number of amides is 1. The molecule has 1 amide bonds. The Hall–Kier alpha value is -3.26. The van der Waals surface area contributed by atoms with Gasteiger partial charge in [0, 0.05) is 25.1 Å². The maximum Gasteiger partial charge on any atom is 0.219 e. The number of carbonyl (C=O) groups is 1. The fourth-order valence-electron chi connectivity index (χ4n) is 3.50. The molecule has 0 atom stereocenters. The van der Waals surface area contributed by atoms with E-state index >= 15 is 0 Å². The molecule has 0 saturated heterocycles. The molecule has 8 heteroatoms. The van der Waals surface area contributed by atoms with Crippen LogP contribution < -0.4 is 5.73 Å². The number of aryl methyl sites for hydroxylation is 4. The van der Waals surface area contributed by atoms with Crippen LogP contribution in [0.25, 0.3) is 16.7 Å². The Kier molecular flexibility index (Phi) is 5.26. The molecule has 7 nitrogen and oxygen atoms in total. The van der Waals surface area contributed by atoms with Crippen molar-refractivity contribution in [3.05, 3.63) is 71.0 Å². The zero-order chi connectivity index (χ0) is 20.4. The largest absolute Gasteiger partial charge is 0.370 e. The summed E-state index contributed by atoms with van der Waals surface area (Å²) < 4.78 is 6.39. The topological polar surface area (TPSA) is 83.7 Å². The van der Waals surface area contributed by atoms with Gasteiger partial charge in [0.05, 0.1) is 17.6 Å². The molecule has 0 bridgehead atoms. The van der Waals surface area contributed by atoms with Gasteiger partial charge < -0.3 is 10.3 Å². The molecule has 29 heavy (non-hydrogen) atoms. The second-order valence-corrected chi connectivity index (χ2v) is 7.22. The SMILES string of the molecule is Cc1nc2ccccc2n1CCc1nn(CCC(N)=O)c(=S)n1-c1ccccc1. The standard InChI is InChI=1S/C21H22N6OS/c1-15-23-17-9-5-6-10-18(17)25(15)13-12-20-24-26(14-11-19(22)28)21(29)27(20)16-7-3-2-4-8-16/h2-10H,11-14H2,1H3,(H2,22,28). The highest BCUT2D eigenvalue weighted by Crippen LogP contribution is 2.18. The third-order valence-corrected chi connectivity index (χ3v) is 5.29. The summed E-state index contributed by atoms with van der Waals surface area (Å²) in [5, 5.41) is 4.70. The lowest BCUT2D eigenvalue weighted by molar-refractivity contribution is -0.118. The minimum Gasteiger partial charge on any atom is -0.370 e. The molecule has 0 fully saturated rings. The van der Waals surface area contributed by atoms with Crippen LogP contribution in [0.5, 0.6) is 0 Å². The van der Waals surface area contributed by atoms with E-state index in [1.54, 1.807) is 4.68 Å². The van der Waals surface area contributed by atoms with Crippen molar-refractivity contribution in [2.45, 2.75) is 32.9 Å². The average molecular weight is 407 g/mol. The van der Waals surface area contributed by atoms with Crippen LogP contribution in [0.15, 0.2) is 54.6 Å². The van der Waals surface area contributed by atoms with Crippen molar-refractivity contribution in [2.75, 3.05) is 0 Å². The van der Waals surface area contributed by atoms with Crippen molar-refractivity contribution in [2.24, 2.45) is 5.73 Å². The maximum absolute atomic E-state index is 11.2. The van der Waals surface area contributed by atoms with E-state index in [2.05, 4.69) is 15.6 Å². The average Bonchev–Trinajstić information content (AvgIpc) is 3.21. The summed E-state index contributed by atoms with van der Waals surface area (Å²) in [6, 6.07) is 18.0. The van der Waals surface area contributed by atoms with Gasteiger partial charge in [-0.1, -0.05) is 30.3 Å². The number of rotatable bonds is 7. The number of fused-ring (bicyclic) bond motifs is 1. The van der Waals surface area contributed by atoms with Crippen molar-refractivity contribution in [1.82, 2.24) is 23.9 Å². The van der Waals surface area contributed by atoms with E-state index in [1.807, 2.05) is 60.0 Å². The van der Waals surface area contributed by atoms with Gasteiger partial charge in [0.25, 0.3) is 0 Å². The summed E-state index contributed by atoms with van der Waals surface area (Å²) in [6.45, 7) is 3.10. The third-order valence-electron chi connectivity index (χ3n) is 4.90. The van der Waals surface area contributed by atoms with Crippen LogP contribution in [-0.4, -0.2) is 29.8 Å². The lowest BCUT2D eigenvalue weighted by atomic mass is 10.3. The highest BCUT2D eigenvalue weighted by atomic mass is 32.1. The number of imidazole rings is 1. The molecular weight excluding hydrogens is 384 g/mol. The van der Waals surface area contributed by atoms with Crippen LogP contribution in [0.2, 0.25) is 0 Å². The highest BCUT2D eigenvalue weighted by molar-refractivity contribution is 7.71. The van der Waals surface area contributed by atoms with Gasteiger partial charge in [0.1, 0.15) is 11.6 Å². The molecule has 4 rings (SSSR count). The fourth-order valence-corrected chi connectivity index (χ4v) is 3.85. The Balaban J connectivity index is 1.70. The van der Waals surface area contributed by atoms with Crippen LogP contribution in [0, 0.1) is 11.7 Å². The summed E-state index contributed by atoms with van der Waals surface area (Å²) in [4.78, 5) is 15.9. The lowest BCUT2D eigenvalue weighted by Crippen LogP contribution is -2.14. The Bertz CT molecular complexity index is 1220. The number of benzene rings is 2. The van der Waals surface area contributed by atoms with E-state index < -0.39 is 0 Å². The summed E-state index contributed by atoms with van der Waals surface area (Å²) in [6.07, 6.45) is 0.869. The molecule has 148 valence electrons. The maximum atomic E-state index is 11.2. The van der Waals surface area contributed by atoms with Gasteiger partial charge in [-0.05, 0) is 43.4 Å². The number of aromatic nitrogens is 5. The summed E-state index contributed by atoms with van der Waals surface area (Å²) in [7, 11) is 0. The Morgan fingerprint density at radius 2 is 1.79 bits per heavy atom. The summed E-state index contributed by atoms with van der Waals surface area (Å²) in [5.74, 6) is 1.43. The number of para-hydroxylation sites is 3. The van der Waals surface area contributed by atoms with Crippen LogP contribution >= 0.6 is 12.2 Å². The Labute approximate surface area is 173 Å². The van der Waals surface area contributed by atoms with Gasteiger partial charge >= 0.3 is 0 Å². The van der Waals surface area contributed by atoms with E-state index in [9.17, 15) is 4.79 Å². The minimum atomic E-state index is -0.372. The molecule has 0 aliphatic rings. The number of nitrogens with two attached hydrogens (primary N) is 1. The summed E-state index contributed by atoms with van der Waals surface area (Å²) in [5.41, 5.74) is 8.34. The van der Waals surface area contributed by atoms with E-state index in [-0.39, 0.29) is 12.3 Å². The monoisotopic (exact) mass is 406 g/mol. The number of hydrogen-bond acceptors (Lipinski definition) is 4. The van der Waals surface area contributed by atoms with Gasteiger partial charge in [-0.2, -0.15) is 5.10 Å². The zero-order valence-electron chi connectivity index (χ0n) is 16.2. The van der Waals surface area contributed by atoms with Crippen molar-refractivity contribution in [3.8, 4) is 5.69 Å². The molecule has 0 radical (unpaired) electrons. The minimum absolute atomic E-state index is 0.199. The normalized spacial score (nSPS) is 11.2. The highest BCUT2D eigenvalue weighted by Gasteiger charge is 2.14. The molecule has 0 spiro atoms. The molecule has 2 aromatic carbocycles. The van der Waals surface area contributed by atoms with Gasteiger partial charge in [-0.3, -0.25) is 9.36 Å².